The third kappa shape index (κ3) is 3.83. The van der Waals surface area contributed by atoms with Crippen LogP contribution in [-0.4, -0.2) is 49.7 Å². The lowest BCUT2D eigenvalue weighted by atomic mass is 10.1. The van der Waals surface area contributed by atoms with Crippen molar-refractivity contribution >= 4 is 29.3 Å². The minimum atomic E-state index is -0.404. The Morgan fingerprint density at radius 1 is 1.26 bits per heavy atom. The lowest BCUT2D eigenvalue weighted by molar-refractivity contribution is -0.130. The number of aromatic nitrogens is 3. The summed E-state index contributed by atoms with van der Waals surface area (Å²) in [4.78, 5) is 25.4. The Kier molecular flexibility index (Phi) is 5.11. The summed E-state index contributed by atoms with van der Waals surface area (Å²) in [6.07, 6.45) is 4.03. The van der Waals surface area contributed by atoms with Gasteiger partial charge >= 0.3 is 0 Å². The van der Waals surface area contributed by atoms with Crippen LogP contribution in [0.4, 0.5) is 10.1 Å². The van der Waals surface area contributed by atoms with Gasteiger partial charge in [-0.05, 0) is 31.0 Å². The zero-order valence-corrected chi connectivity index (χ0v) is 15.6. The van der Waals surface area contributed by atoms with E-state index in [4.69, 9.17) is 0 Å². The van der Waals surface area contributed by atoms with E-state index in [-0.39, 0.29) is 18.4 Å². The van der Waals surface area contributed by atoms with Crippen LogP contribution in [0.3, 0.4) is 0 Å². The average molecular weight is 389 g/mol. The number of carbonyl (C=O) groups is 2. The lowest BCUT2D eigenvalue weighted by Crippen LogP contribution is -2.34. The number of benzene rings is 1. The number of thioether (sulfide) groups is 1. The number of aryl methyl sites for hydroxylation is 1. The van der Waals surface area contributed by atoms with Crippen LogP contribution in [0, 0.1) is 5.82 Å². The Morgan fingerprint density at radius 3 is 2.96 bits per heavy atom. The molecule has 2 aromatic rings. The second-order valence-corrected chi connectivity index (χ2v) is 7.67. The summed E-state index contributed by atoms with van der Waals surface area (Å²) in [5, 5.41) is 11.1. The molecule has 2 aliphatic heterocycles. The largest absolute Gasteiger partial charge is 0.325 e. The van der Waals surface area contributed by atoms with Crippen LogP contribution in [0.2, 0.25) is 0 Å². The van der Waals surface area contributed by atoms with Gasteiger partial charge < -0.3 is 14.8 Å². The van der Waals surface area contributed by atoms with Gasteiger partial charge in [0.1, 0.15) is 18.2 Å². The smallest absolute Gasteiger partial charge is 0.244 e. The van der Waals surface area contributed by atoms with Gasteiger partial charge in [0, 0.05) is 18.7 Å². The fourth-order valence-electron chi connectivity index (χ4n) is 3.37. The van der Waals surface area contributed by atoms with Gasteiger partial charge in [0.2, 0.25) is 11.8 Å². The van der Waals surface area contributed by atoms with Crippen molar-refractivity contribution in [1.82, 2.24) is 19.7 Å². The molecule has 0 bridgehead atoms. The maximum atomic E-state index is 14.5. The summed E-state index contributed by atoms with van der Waals surface area (Å²) in [7, 11) is 0. The van der Waals surface area contributed by atoms with Crippen LogP contribution in [0.25, 0.3) is 11.4 Å². The summed E-state index contributed by atoms with van der Waals surface area (Å²) in [5.41, 5.74) is 0.794. The Bertz CT molecular complexity index is 885. The van der Waals surface area contributed by atoms with Gasteiger partial charge in [0.15, 0.2) is 5.82 Å². The molecule has 1 N–H and O–H groups in total. The summed E-state index contributed by atoms with van der Waals surface area (Å²) >= 11 is 1.48. The van der Waals surface area contributed by atoms with E-state index in [2.05, 4.69) is 15.5 Å². The summed E-state index contributed by atoms with van der Waals surface area (Å²) < 4.78 is 16.4. The van der Waals surface area contributed by atoms with Gasteiger partial charge in [-0.2, -0.15) is 0 Å². The Labute approximate surface area is 160 Å². The fraction of sp³-hybridized carbons (Fsp3) is 0.444. The Balaban J connectivity index is 1.54. The molecular formula is C18H20FN5O2S. The zero-order valence-electron chi connectivity index (χ0n) is 14.8. The van der Waals surface area contributed by atoms with Gasteiger partial charge in [0.05, 0.1) is 17.2 Å². The number of hydrogen-bond acceptors (Lipinski definition) is 5. The van der Waals surface area contributed by atoms with Gasteiger partial charge in [0.25, 0.3) is 0 Å². The third-order valence-corrected chi connectivity index (χ3v) is 5.71. The lowest BCUT2D eigenvalue weighted by Gasteiger charge is -2.15. The SMILES string of the molecule is O=C(CN1CSCC1=O)Nc1ccc(F)c(-c2nnc3n2CCCCC3)c1. The highest BCUT2D eigenvalue weighted by molar-refractivity contribution is 8.00. The molecule has 1 aromatic heterocycles. The molecule has 1 fully saturated rings. The number of fused-ring (bicyclic) bond motifs is 1. The second kappa shape index (κ2) is 7.67. The third-order valence-electron chi connectivity index (χ3n) is 4.76. The Morgan fingerprint density at radius 2 is 2.15 bits per heavy atom. The van der Waals surface area contributed by atoms with Crippen molar-refractivity contribution in [2.75, 3.05) is 23.5 Å². The van der Waals surface area contributed by atoms with Crippen molar-refractivity contribution in [2.24, 2.45) is 0 Å². The fourth-order valence-corrected chi connectivity index (χ4v) is 4.28. The minimum absolute atomic E-state index is 0.00112. The molecule has 27 heavy (non-hydrogen) atoms. The van der Waals surface area contributed by atoms with Crippen molar-refractivity contribution in [2.45, 2.75) is 32.2 Å². The van der Waals surface area contributed by atoms with E-state index in [1.807, 2.05) is 4.57 Å². The van der Waals surface area contributed by atoms with E-state index in [0.717, 1.165) is 38.1 Å². The monoisotopic (exact) mass is 389 g/mol. The highest BCUT2D eigenvalue weighted by atomic mass is 32.2. The van der Waals surface area contributed by atoms with Crippen molar-refractivity contribution in [1.29, 1.82) is 0 Å². The molecule has 1 saturated heterocycles. The van der Waals surface area contributed by atoms with E-state index in [9.17, 15) is 14.0 Å². The predicted octanol–water partition coefficient (Wildman–Crippen LogP) is 2.28. The predicted molar refractivity (Wildman–Crippen MR) is 101 cm³/mol. The van der Waals surface area contributed by atoms with Gasteiger partial charge in [-0.3, -0.25) is 9.59 Å². The van der Waals surface area contributed by atoms with Crippen LogP contribution in [0.1, 0.15) is 25.1 Å². The van der Waals surface area contributed by atoms with Crippen LogP contribution < -0.4 is 5.32 Å². The standard InChI is InChI=1S/C18H20FN5O2S/c19-14-6-5-12(20-16(25)9-23-11-27-10-17(23)26)8-13(14)18-22-21-15-4-2-1-3-7-24(15)18/h5-6,8H,1-4,7,9-11H2,(H,20,25). The number of hydrogen-bond donors (Lipinski definition) is 1. The first-order chi connectivity index (χ1) is 13.1. The molecule has 0 unspecified atom stereocenters. The number of nitrogens with zero attached hydrogens (tertiary/aromatic N) is 4. The van der Waals surface area contributed by atoms with Gasteiger partial charge in [-0.25, -0.2) is 4.39 Å². The second-order valence-electron chi connectivity index (χ2n) is 6.71. The summed E-state index contributed by atoms with van der Waals surface area (Å²) in [6, 6.07) is 4.41. The number of amides is 2. The van der Waals surface area contributed by atoms with Crippen LogP contribution >= 0.6 is 11.8 Å². The molecule has 142 valence electrons. The molecule has 1 aromatic carbocycles. The van der Waals surface area contributed by atoms with Crippen molar-refractivity contribution in [3.63, 3.8) is 0 Å². The highest BCUT2D eigenvalue weighted by Gasteiger charge is 2.23. The number of halogens is 1. The van der Waals surface area contributed by atoms with E-state index in [1.54, 1.807) is 6.07 Å². The molecular weight excluding hydrogens is 369 g/mol. The molecule has 4 rings (SSSR count). The van der Waals surface area contributed by atoms with E-state index in [1.165, 1.54) is 28.8 Å². The topological polar surface area (TPSA) is 80.1 Å². The van der Waals surface area contributed by atoms with Crippen LogP contribution in [-0.2, 0) is 22.6 Å². The number of anilines is 1. The summed E-state index contributed by atoms with van der Waals surface area (Å²) in [5.74, 6) is 1.55. The van der Waals surface area contributed by atoms with Crippen LogP contribution in [0.15, 0.2) is 18.2 Å². The molecule has 7 nitrogen and oxygen atoms in total. The maximum Gasteiger partial charge on any atom is 0.244 e. The maximum absolute atomic E-state index is 14.5. The number of nitrogens with one attached hydrogen (secondary N) is 1. The number of carbonyl (C=O) groups excluding carboxylic acids is 2. The first-order valence-corrected chi connectivity index (χ1v) is 10.1. The van der Waals surface area contributed by atoms with Crippen molar-refractivity contribution in [3.05, 3.63) is 29.8 Å². The van der Waals surface area contributed by atoms with E-state index in [0.29, 0.717) is 28.7 Å². The van der Waals surface area contributed by atoms with Gasteiger partial charge in [-0.1, -0.05) is 6.42 Å². The highest BCUT2D eigenvalue weighted by Crippen LogP contribution is 2.27. The van der Waals surface area contributed by atoms with Crippen molar-refractivity contribution < 1.29 is 14.0 Å². The van der Waals surface area contributed by atoms with Gasteiger partial charge in [-0.15, -0.1) is 22.0 Å². The molecule has 0 saturated carbocycles. The summed E-state index contributed by atoms with van der Waals surface area (Å²) in [6.45, 7) is 0.765. The quantitative estimate of drug-likeness (QED) is 0.868. The molecule has 9 heteroatoms. The van der Waals surface area contributed by atoms with E-state index < -0.39 is 5.82 Å². The molecule has 0 aliphatic carbocycles. The molecule has 2 amide bonds. The minimum Gasteiger partial charge on any atom is -0.325 e. The first kappa shape index (κ1) is 18.0. The molecule has 3 heterocycles. The average Bonchev–Trinajstić information content (AvgIpc) is 3.15. The van der Waals surface area contributed by atoms with Crippen molar-refractivity contribution in [3.8, 4) is 11.4 Å². The zero-order chi connectivity index (χ0) is 18.8. The molecule has 2 aliphatic rings. The van der Waals surface area contributed by atoms with Crippen LogP contribution in [0.5, 0.6) is 0 Å². The van der Waals surface area contributed by atoms with E-state index >= 15 is 0 Å². The number of rotatable bonds is 4. The Hall–Kier alpha value is -2.42. The molecule has 0 spiro atoms. The molecule has 0 radical (unpaired) electrons. The first-order valence-electron chi connectivity index (χ1n) is 8.99. The molecule has 0 atom stereocenters. The normalized spacial score (nSPS) is 16.9.